The number of carbonyl (C=O) groups excluding carboxylic acids is 1. The van der Waals surface area contributed by atoms with Crippen molar-refractivity contribution in [3.05, 3.63) is 58.6 Å². The van der Waals surface area contributed by atoms with Gasteiger partial charge in [0, 0.05) is 42.1 Å². The molecule has 0 aromatic heterocycles. The second kappa shape index (κ2) is 7.62. The Morgan fingerprint density at radius 2 is 1.90 bits per heavy atom. The Labute approximate surface area is 184 Å². The van der Waals surface area contributed by atoms with Gasteiger partial charge in [-0.25, -0.2) is 0 Å². The van der Waals surface area contributed by atoms with Crippen molar-refractivity contribution in [3.63, 3.8) is 0 Å². The van der Waals surface area contributed by atoms with Crippen LogP contribution in [0.15, 0.2) is 42.5 Å². The van der Waals surface area contributed by atoms with Crippen molar-refractivity contribution in [3.8, 4) is 0 Å². The van der Waals surface area contributed by atoms with Crippen molar-refractivity contribution in [1.29, 1.82) is 0 Å². The molecule has 3 aliphatic rings. The van der Waals surface area contributed by atoms with Crippen molar-refractivity contribution in [2.75, 3.05) is 29.4 Å². The van der Waals surface area contributed by atoms with Crippen LogP contribution in [0.1, 0.15) is 24.0 Å². The van der Waals surface area contributed by atoms with E-state index >= 15 is 0 Å². The lowest BCUT2D eigenvalue weighted by Gasteiger charge is -2.49. The molecule has 5 rings (SSSR count). The number of benzene rings is 2. The third kappa shape index (κ3) is 4.07. The molecule has 0 spiro atoms. The lowest BCUT2D eigenvalue weighted by molar-refractivity contribution is -0.137. The highest BCUT2D eigenvalue weighted by Crippen LogP contribution is 2.40. The van der Waals surface area contributed by atoms with Crippen LogP contribution in [0.2, 0.25) is 5.02 Å². The van der Waals surface area contributed by atoms with Gasteiger partial charge in [-0.05, 0) is 61.2 Å². The summed E-state index contributed by atoms with van der Waals surface area (Å²) in [5.41, 5.74) is 1.73. The Morgan fingerprint density at radius 1 is 1.10 bits per heavy atom. The summed E-state index contributed by atoms with van der Waals surface area (Å²) in [6.07, 6.45) is -2.15. The van der Waals surface area contributed by atoms with Gasteiger partial charge in [0.15, 0.2) is 0 Å². The number of amides is 1. The Bertz CT molecular complexity index is 1010. The molecule has 2 aromatic rings. The van der Waals surface area contributed by atoms with Crippen LogP contribution >= 0.6 is 11.6 Å². The number of alkyl halides is 3. The molecule has 8 heteroatoms. The Morgan fingerprint density at radius 3 is 2.61 bits per heavy atom. The fraction of sp³-hybridized carbons (Fsp3) is 0.435. The van der Waals surface area contributed by atoms with E-state index in [9.17, 15) is 18.0 Å². The minimum Gasteiger partial charge on any atom is -0.368 e. The van der Waals surface area contributed by atoms with Crippen LogP contribution in [0.25, 0.3) is 0 Å². The van der Waals surface area contributed by atoms with Gasteiger partial charge in [0.25, 0.3) is 0 Å². The van der Waals surface area contributed by atoms with Crippen molar-refractivity contribution < 1.29 is 18.0 Å². The number of anilines is 2. The first-order chi connectivity index (χ1) is 14.8. The summed E-state index contributed by atoms with van der Waals surface area (Å²) in [5, 5.41) is 3.72. The van der Waals surface area contributed by atoms with Crippen LogP contribution in [-0.2, 0) is 17.4 Å². The first-order valence-corrected chi connectivity index (χ1v) is 10.9. The van der Waals surface area contributed by atoms with E-state index in [1.165, 1.54) is 6.07 Å². The lowest BCUT2D eigenvalue weighted by Crippen LogP contribution is -2.61. The van der Waals surface area contributed by atoms with Crippen molar-refractivity contribution in [1.82, 2.24) is 5.32 Å². The standard InChI is InChI=1S/C23H23ClF3N3O/c24-16-2-1-3-18(12-16)29-8-9-30-20-7-4-15(23(25,26)27)10-14(20)11-19(21(30)13-29)22(31)28-17-5-6-17/h1-4,7,10,12,17,19,21H,5-6,8-9,11,13H2,(H,28,31). The third-order valence-electron chi connectivity index (χ3n) is 6.47. The number of fused-ring (bicyclic) bond motifs is 3. The summed E-state index contributed by atoms with van der Waals surface area (Å²) >= 11 is 6.17. The number of piperazine rings is 1. The van der Waals surface area contributed by atoms with Gasteiger partial charge in [0.05, 0.1) is 17.5 Å². The number of nitrogens with one attached hydrogen (secondary N) is 1. The van der Waals surface area contributed by atoms with Crippen LogP contribution in [-0.4, -0.2) is 37.6 Å². The predicted molar refractivity (Wildman–Crippen MR) is 115 cm³/mol. The Balaban J connectivity index is 1.48. The summed E-state index contributed by atoms with van der Waals surface area (Å²) < 4.78 is 39.9. The highest BCUT2D eigenvalue weighted by molar-refractivity contribution is 6.30. The largest absolute Gasteiger partial charge is 0.416 e. The van der Waals surface area contributed by atoms with E-state index in [1.54, 1.807) is 6.07 Å². The molecule has 164 valence electrons. The molecular weight excluding hydrogens is 427 g/mol. The molecule has 1 saturated carbocycles. The summed E-state index contributed by atoms with van der Waals surface area (Å²) in [4.78, 5) is 17.4. The van der Waals surface area contributed by atoms with Crippen LogP contribution in [0.4, 0.5) is 24.5 Å². The van der Waals surface area contributed by atoms with Gasteiger partial charge in [0.2, 0.25) is 5.91 Å². The molecule has 0 radical (unpaired) electrons. The fourth-order valence-electron chi connectivity index (χ4n) is 4.74. The zero-order chi connectivity index (χ0) is 21.8. The molecule has 4 nitrogen and oxygen atoms in total. The van der Waals surface area contributed by atoms with Gasteiger partial charge in [-0.1, -0.05) is 17.7 Å². The van der Waals surface area contributed by atoms with E-state index in [-0.39, 0.29) is 18.0 Å². The molecule has 2 atom stereocenters. The first kappa shape index (κ1) is 20.5. The van der Waals surface area contributed by atoms with Crippen LogP contribution in [0, 0.1) is 5.92 Å². The fourth-order valence-corrected chi connectivity index (χ4v) is 4.93. The maximum Gasteiger partial charge on any atom is 0.416 e. The molecule has 2 unspecified atom stereocenters. The smallest absolute Gasteiger partial charge is 0.368 e. The monoisotopic (exact) mass is 449 g/mol. The highest BCUT2D eigenvalue weighted by atomic mass is 35.5. The minimum atomic E-state index is -4.40. The van der Waals surface area contributed by atoms with E-state index in [1.807, 2.05) is 24.3 Å². The third-order valence-corrected chi connectivity index (χ3v) is 6.71. The zero-order valence-corrected chi connectivity index (χ0v) is 17.6. The molecule has 31 heavy (non-hydrogen) atoms. The average molecular weight is 450 g/mol. The Hall–Kier alpha value is -2.41. The number of hydrogen-bond donors (Lipinski definition) is 1. The molecule has 2 heterocycles. The second-order valence-electron chi connectivity index (χ2n) is 8.62. The van der Waals surface area contributed by atoms with Gasteiger partial charge in [-0.3, -0.25) is 4.79 Å². The van der Waals surface area contributed by atoms with Crippen LogP contribution in [0.5, 0.6) is 0 Å². The second-order valence-corrected chi connectivity index (χ2v) is 9.06. The Kier molecular flexibility index (Phi) is 5.04. The highest BCUT2D eigenvalue weighted by Gasteiger charge is 2.43. The average Bonchev–Trinajstić information content (AvgIpc) is 3.55. The van der Waals surface area contributed by atoms with E-state index in [2.05, 4.69) is 15.1 Å². The molecule has 2 aromatic carbocycles. The molecule has 1 N–H and O–H groups in total. The van der Waals surface area contributed by atoms with Crippen LogP contribution in [0.3, 0.4) is 0 Å². The molecular formula is C23H23ClF3N3O. The summed E-state index contributed by atoms with van der Waals surface area (Å²) in [6.45, 7) is 1.95. The number of nitrogens with zero attached hydrogens (tertiary/aromatic N) is 2. The normalized spacial score (nSPS) is 23.2. The topological polar surface area (TPSA) is 35.6 Å². The van der Waals surface area contributed by atoms with Crippen LogP contribution < -0.4 is 15.1 Å². The number of carbonyl (C=O) groups is 1. The maximum atomic E-state index is 13.3. The van der Waals surface area contributed by atoms with E-state index < -0.39 is 17.7 Å². The van der Waals surface area contributed by atoms with Crippen molar-refractivity contribution >= 4 is 28.9 Å². The first-order valence-electron chi connectivity index (χ1n) is 10.6. The van der Waals surface area contributed by atoms with Crippen molar-refractivity contribution in [2.24, 2.45) is 5.92 Å². The van der Waals surface area contributed by atoms with E-state index in [0.717, 1.165) is 30.3 Å². The number of halogens is 4. The maximum absolute atomic E-state index is 13.3. The summed E-state index contributed by atoms with van der Waals surface area (Å²) in [6, 6.07) is 11.6. The lowest BCUT2D eigenvalue weighted by atomic mass is 9.82. The molecule has 1 aliphatic carbocycles. The van der Waals surface area contributed by atoms with Gasteiger partial charge in [0.1, 0.15) is 0 Å². The molecule has 1 saturated heterocycles. The minimum absolute atomic E-state index is 0.0616. The zero-order valence-electron chi connectivity index (χ0n) is 16.8. The summed E-state index contributed by atoms with van der Waals surface area (Å²) in [7, 11) is 0. The number of hydrogen-bond acceptors (Lipinski definition) is 3. The van der Waals surface area contributed by atoms with Gasteiger partial charge < -0.3 is 15.1 Å². The van der Waals surface area contributed by atoms with E-state index in [0.29, 0.717) is 36.6 Å². The van der Waals surface area contributed by atoms with E-state index in [4.69, 9.17) is 11.6 Å². The molecule has 0 bridgehead atoms. The predicted octanol–water partition coefficient (Wildman–Crippen LogP) is 4.50. The SMILES string of the molecule is O=C(NC1CC1)C1Cc2cc(C(F)(F)F)ccc2N2CCN(c3cccc(Cl)c3)CC12. The molecule has 2 aliphatic heterocycles. The molecule has 1 amide bonds. The van der Waals surface area contributed by atoms with Crippen molar-refractivity contribution in [2.45, 2.75) is 37.5 Å². The quantitative estimate of drug-likeness (QED) is 0.749. The van der Waals surface area contributed by atoms with Gasteiger partial charge in [-0.15, -0.1) is 0 Å². The van der Waals surface area contributed by atoms with Gasteiger partial charge >= 0.3 is 6.18 Å². The molecule has 2 fully saturated rings. The van der Waals surface area contributed by atoms with Gasteiger partial charge in [-0.2, -0.15) is 13.2 Å². The summed E-state index contributed by atoms with van der Waals surface area (Å²) in [5.74, 6) is -0.466. The number of rotatable bonds is 3.